The lowest BCUT2D eigenvalue weighted by molar-refractivity contribution is -0.120. The Bertz CT molecular complexity index is 269. The number of amides is 1. The number of nitrogens with zero attached hydrogens (tertiary/aromatic N) is 1. The van der Waals surface area contributed by atoms with Gasteiger partial charge in [-0.15, -0.1) is 0 Å². The quantitative estimate of drug-likeness (QED) is 0.471. The van der Waals surface area contributed by atoms with Crippen molar-refractivity contribution in [3.05, 3.63) is 0 Å². The van der Waals surface area contributed by atoms with E-state index in [9.17, 15) is 13.2 Å². The van der Waals surface area contributed by atoms with E-state index in [-0.39, 0.29) is 12.5 Å². The first-order valence-corrected chi connectivity index (χ1v) is 5.22. The predicted octanol–water partition coefficient (Wildman–Crippen LogP) is -0.460. The molecular formula is C6H12N2O4S. The second-order valence-corrected chi connectivity index (χ2v) is 3.49. The predicted molar refractivity (Wildman–Crippen MR) is 46.4 cm³/mol. The molecule has 76 valence electrons. The van der Waals surface area contributed by atoms with Crippen LogP contribution >= 0.6 is 0 Å². The molecule has 0 spiro atoms. The van der Waals surface area contributed by atoms with Crippen LogP contribution in [0, 0.1) is 11.3 Å². The lowest BCUT2D eigenvalue weighted by Crippen LogP contribution is -2.21. The minimum Gasteiger partial charge on any atom is -0.343 e. The van der Waals surface area contributed by atoms with E-state index in [4.69, 9.17) is 9.81 Å². The number of hydrogen-bond acceptors (Lipinski definition) is 4. The van der Waals surface area contributed by atoms with Crippen LogP contribution in [0.4, 0.5) is 0 Å². The Morgan fingerprint density at radius 3 is 2.23 bits per heavy atom. The molecule has 6 nitrogen and oxygen atoms in total. The highest BCUT2D eigenvalue weighted by atomic mass is 32.2. The molecule has 0 aromatic rings. The smallest absolute Gasteiger partial charge is 0.261 e. The zero-order valence-electron chi connectivity index (χ0n) is 7.44. The molecule has 1 amide bonds. The van der Waals surface area contributed by atoms with Gasteiger partial charge in [-0.25, -0.2) is 0 Å². The summed E-state index contributed by atoms with van der Waals surface area (Å²) in [6.07, 6.45) is 1.16. The van der Waals surface area contributed by atoms with Crippen molar-refractivity contribution >= 4 is 16.0 Å². The van der Waals surface area contributed by atoms with Crippen LogP contribution < -0.4 is 5.32 Å². The summed E-state index contributed by atoms with van der Waals surface area (Å²) in [7, 11) is -3.67. The van der Waals surface area contributed by atoms with Gasteiger partial charge in [0.25, 0.3) is 10.1 Å². The lowest BCUT2D eigenvalue weighted by atomic mass is 10.4. The third-order valence-corrected chi connectivity index (χ3v) is 0.686. The zero-order valence-corrected chi connectivity index (χ0v) is 8.26. The number of carbonyl (C=O) groups is 1. The second-order valence-electron chi connectivity index (χ2n) is 2.02. The van der Waals surface area contributed by atoms with Crippen molar-refractivity contribution in [1.82, 2.24) is 5.32 Å². The van der Waals surface area contributed by atoms with Crippen LogP contribution in [0.3, 0.4) is 0 Å². The first-order valence-electron chi connectivity index (χ1n) is 3.37. The fraction of sp³-hybridized carbons (Fsp3) is 0.667. The van der Waals surface area contributed by atoms with Crippen LogP contribution in [0.1, 0.15) is 13.3 Å². The summed E-state index contributed by atoms with van der Waals surface area (Å²) in [6.45, 7) is 1.86. The minimum absolute atomic E-state index is 0.0773. The van der Waals surface area contributed by atoms with E-state index in [1.54, 1.807) is 13.0 Å². The molecule has 0 saturated heterocycles. The average molecular weight is 208 g/mol. The van der Waals surface area contributed by atoms with Crippen LogP contribution in [0.25, 0.3) is 0 Å². The molecule has 0 saturated carbocycles. The molecule has 0 aromatic heterocycles. The number of carbonyl (C=O) groups excluding carboxylic acids is 1. The average Bonchev–Trinajstić information content (AvgIpc) is 1.97. The van der Waals surface area contributed by atoms with Gasteiger partial charge >= 0.3 is 0 Å². The number of hydrogen-bond donors (Lipinski definition) is 2. The summed E-state index contributed by atoms with van der Waals surface area (Å²) in [5.74, 6) is -0.0773. The Morgan fingerprint density at radius 1 is 1.62 bits per heavy atom. The standard InChI is InChI=1S/C5H8N2O.CH4O3S/c1-2-5(8)7-4-3-6;1-5(2,3)4/h2,4H2,1H3,(H,7,8);1H3,(H,2,3,4). The Balaban J connectivity index is 0. The molecule has 0 aliphatic carbocycles. The molecular weight excluding hydrogens is 196 g/mol. The summed E-state index contributed by atoms with van der Waals surface area (Å²) >= 11 is 0. The summed E-state index contributed by atoms with van der Waals surface area (Å²) in [5, 5.41) is 10.3. The van der Waals surface area contributed by atoms with Crippen LogP contribution in [0.15, 0.2) is 0 Å². The van der Waals surface area contributed by atoms with Crippen molar-refractivity contribution in [2.24, 2.45) is 0 Å². The van der Waals surface area contributed by atoms with Crippen molar-refractivity contribution in [3.63, 3.8) is 0 Å². The Morgan fingerprint density at radius 2 is 2.00 bits per heavy atom. The van der Waals surface area contributed by atoms with Gasteiger partial charge in [0, 0.05) is 6.42 Å². The molecule has 0 heterocycles. The van der Waals surface area contributed by atoms with Gasteiger partial charge in [0.15, 0.2) is 0 Å². The van der Waals surface area contributed by atoms with Crippen LogP contribution in [-0.2, 0) is 14.9 Å². The Kier molecular flexibility index (Phi) is 8.32. The maximum absolute atomic E-state index is 10.3. The number of nitriles is 1. The molecule has 0 rings (SSSR count). The minimum atomic E-state index is -3.67. The van der Waals surface area contributed by atoms with E-state index < -0.39 is 10.1 Å². The van der Waals surface area contributed by atoms with Crippen molar-refractivity contribution < 1.29 is 17.8 Å². The highest BCUT2D eigenvalue weighted by Crippen LogP contribution is 1.71. The molecule has 2 N–H and O–H groups in total. The van der Waals surface area contributed by atoms with Gasteiger partial charge in [-0.1, -0.05) is 6.92 Å². The topological polar surface area (TPSA) is 107 Å². The van der Waals surface area contributed by atoms with Gasteiger partial charge in [-0.2, -0.15) is 13.7 Å². The highest BCUT2D eigenvalue weighted by Gasteiger charge is 1.90. The van der Waals surface area contributed by atoms with Crippen molar-refractivity contribution in [1.29, 1.82) is 5.26 Å². The van der Waals surface area contributed by atoms with Crippen LogP contribution in [0.2, 0.25) is 0 Å². The van der Waals surface area contributed by atoms with E-state index in [0.717, 1.165) is 0 Å². The zero-order chi connectivity index (χ0) is 10.9. The molecule has 0 unspecified atom stereocenters. The largest absolute Gasteiger partial charge is 0.343 e. The Labute approximate surface area is 77.3 Å². The van der Waals surface area contributed by atoms with Crippen LogP contribution in [0.5, 0.6) is 0 Å². The molecule has 0 aliphatic rings. The van der Waals surface area contributed by atoms with E-state index in [0.29, 0.717) is 12.7 Å². The van der Waals surface area contributed by atoms with Gasteiger partial charge in [0.2, 0.25) is 5.91 Å². The third-order valence-electron chi connectivity index (χ3n) is 0.686. The highest BCUT2D eigenvalue weighted by molar-refractivity contribution is 7.85. The molecule has 7 heteroatoms. The van der Waals surface area contributed by atoms with Gasteiger partial charge in [0.1, 0.15) is 6.54 Å². The van der Waals surface area contributed by atoms with Gasteiger partial charge < -0.3 is 5.32 Å². The molecule has 0 aromatic carbocycles. The Hall–Kier alpha value is -1.13. The van der Waals surface area contributed by atoms with E-state index in [1.807, 2.05) is 0 Å². The molecule has 0 radical (unpaired) electrons. The van der Waals surface area contributed by atoms with Gasteiger partial charge in [0.05, 0.1) is 12.3 Å². The second kappa shape index (κ2) is 7.52. The number of rotatable bonds is 2. The normalized spacial score (nSPS) is 9.08. The number of nitrogens with one attached hydrogen (secondary N) is 1. The van der Waals surface area contributed by atoms with E-state index >= 15 is 0 Å². The third kappa shape index (κ3) is 36.1. The fourth-order valence-electron chi connectivity index (χ4n) is 0.263. The summed E-state index contributed by atoms with van der Waals surface area (Å²) in [6, 6.07) is 1.80. The van der Waals surface area contributed by atoms with Crippen LogP contribution in [-0.4, -0.2) is 31.7 Å². The van der Waals surface area contributed by atoms with Gasteiger partial charge in [-0.3, -0.25) is 9.35 Å². The van der Waals surface area contributed by atoms with Crippen molar-refractivity contribution in [3.8, 4) is 6.07 Å². The summed E-state index contributed by atoms with van der Waals surface area (Å²) < 4.78 is 25.9. The molecule has 0 aliphatic heterocycles. The van der Waals surface area contributed by atoms with E-state index in [2.05, 4.69) is 5.32 Å². The fourth-order valence-corrected chi connectivity index (χ4v) is 0.263. The SMILES string of the molecule is CCC(=O)NCC#N.CS(=O)(=O)O. The first kappa shape index (κ1) is 14.4. The lowest BCUT2D eigenvalue weighted by Gasteiger charge is -1.92. The monoisotopic (exact) mass is 208 g/mol. The maximum Gasteiger partial charge on any atom is 0.261 e. The molecule has 0 bridgehead atoms. The maximum atomic E-state index is 10.3. The van der Waals surface area contributed by atoms with Crippen molar-refractivity contribution in [2.75, 3.05) is 12.8 Å². The van der Waals surface area contributed by atoms with E-state index in [1.165, 1.54) is 0 Å². The summed E-state index contributed by atoms with van der Waals surface area (Å²) in [4.78, 5) is 10.3. The summed E-state index contributed by atoms with van der Waals surface area (Å²) in [5.41, 5.74) is 0. The molecule has 13 heavy (non-hydrogen) atoms. The first-order chi connectivity index (χ1) is 5.81. The van der Waals surface area contributed by atoms with Crippen molar-refractivity contribution in [2.45, 2.75) is 13.3 Å². The molecule has 0 atom stereocenters. The van der Waals surface area contributed by atoms with Gasteiger partial charge in [-0.05, 0) is 0 Å². The molecule has 0 fully saturated rings.